The van der Waals surface area contributed by atoms with Crippen LogP contribution in [0.5, 0.6) is 0 Å². The second-order valence-electron chi connectivity index (χ2n) is 3.00. The van der Waals surface area contributed by atoms with Crippen LogP contribution in [0.15, 0.2) is 18.2 Å². The summed E-state index contributed by atoms with van der Waals surface area (Å²) in [6.45, 7) is 7.37. The van der Waals surface area contributed by atoms with E-state index in [4.69, 9.17) is 11.1 Å². The lowest BCUT2D eigenvalue weighted by Gasteiger charge is -2.04. The maximum Gasteiger partial charge on any atom is 0.160 e. The summed E-state index contributed by atoms with van der Waals surface area (Å²) in [5, 5.41) is 7.21. The predicted molar refractivity (Wildman–Crippen MR) is 63.5 cm³/mol. The molecular formula is C12H18N2O. The molecule has 3 heteroatoms. The Hall–Kier alpha value is -1.64. The molecule has 1 rings (SSSR count). The number of carbonyl (C=O) groups excluding carboxylic acids is 1. The lowest BCUT2D eigenvalue weighted by Crippen LogP contribution is -2.12. The van der Waals surface area contributed by atoms with Crippen LogP contribution in [0.25, 0.3) is 0 Å². The van der Waals surface area contributed by atoms with E-state index in [1.807, 2.05) is 20.8 Å². The van der Waals surface area contributed by atoms with Crippen LogP contribution in [0.1, 0.15) is 42.3 Å². The van der Waals surface area contributed by atoms with Crippen LogP contribution >= 0.6 is 0 Å². The molecule has 0 bridgehead atoms. The van der Waals surface area contributed by atoms with Gasteiger partial charge >= 0.3 is 0 Å². The molecule has 1 aromatic rings. The Labute approximate surface area is 90.8 Å². The number of nitrogen functional groups attached to an aromatic ring is 1. The molecule has 15 heavy (non-hydrogen) atoms. The van der Waals surface area contributed by atoms with Gasteiger partial charge in [-0.15, -0.1) is 0 Å². The van der Waals surface area contributed by atoms with Crippen LogP contribution in [0.2, 0.25) is 0 Å². The molecule has 0 aliphatic rings. The van der Waals surface area contributed by atoms with Crippen molar-refractivity contribution in [2.45, 2.75) is 27.7 Å². The van der Waals surface area contributed by atoms with Crippen LogP contribution in [0.4, 0.5) is 0 Å². The highest BCUT2D eigenvalue weighted by molar-refractivity contribution is 6.00. The number of nitrogens with two attached hydrogens (primary N) is 1. The number of Topliss-reactive ketones (excluding diaryl/α,β-unsaturated/α-hetero) is 1. The van der Waals surface area contributed by atoms with E-state index < -0.39 is 0 Å². The first-order valence-electron chi connectivity index (χ1n) is 4.98. The molecule has 0 spiro atoms. The highest BCUT2D eigenvalue weighted by atomic mass is 16.1. The Balaban J connectivity index is 0.000000921. The SMILES string of the molecule is CC.CC(=O)c1cc(C(=N)N)ccc1C. The molecule has 0 aliphatic heterocycles. The number of ketones is 1. The summed E-state index contributed by atoms with van der Waals surface area (Å²) in [4.78, 5) is 11.1. The molecule has 1 aromatic carbocycles. The van der Waals surface area contributed by atoms with Gasteiger partial charge in [0, 0.05) is 11.1 Å². The van der Waals surface area contributed by atoms with Crippen molar-refractivity contribution in [3.05, 3.63) is 34.9 Å². The highest BCUT2D eigenvalue weighted by Crippen LogP contribution is 2.11. The topological polar surface area (TPSA) is 66.9 Å². The third-order valence-electron chi connectivity index (χ3n) is 1.93. The molecule has 0 unspecified atom stereocenters. The highest BCUT2D eigenvalue weighted by Gasteiger charge is 2.05. The number of benzene rings is 1. The predicted octanol–water partition coefficient (Wildman–Crippen LogP) is 2.51. The molecule has 3 N–H and O–H groups in total. The maximum absolute atomic E-state index is 11.1. The molecule has 0 radical (unpaired) electrons. The van der Waals surface area contributed by atoms with Gasteiger partial charge < -0.3 is 5.73 Å². The Bertz CT molecular complexity index is 370. The zero-order valence-electron chi connectivity index (χ0n) is 9.72. The first-order valence-corrected chi connectivity index (χ1v) is 4.98. The normalized spacial score (nSPS) is 8.80. The molecule has 0 saturated carbocycles. The lowest BCUT2D eigenvalue weighted by molar-refractivity contribution is 0.101. The third-order valence-corrected chi connectivity index (χ3v) is 1.93. The molecule has 0 atom stereocenters. The van der Waals surface area contributed by atoms with Crippen molar-refractivity contribution >= 4 is 11.6 Å². The fraction of sp³-hybridized carbons (Fsp3) is 0.333. The van der Waals surface area contributed by atoms with E-state index in [0.29, 0.717) is 11.1 Å². The quantitative estimate of drug-likeness (QED) is 0.443. The van der Waals surface area contributed by atoms with Gasteiger partial charge in [0.2, 0.25) is 0 Å². The van der Waals surface area contributed by atoms with E-state index >= 15 is 0 Å². The first kappa shape index (κ1) is 13.4. The van der Waals surface area contributed by atoms with Gasteiger partial charge in [-0.2, -0.15) is 0 Å². The molecular weight excluding hydrogens is 188 g/mol. The lowest BCUT2D eigenvalue weighted by atomic mass is 10.0. The first-order chi connectivity index (χ1) is 7.02. The van der Waals surface area contributed by atoms with E-state index in [-0.39, 0.29) is 11.6 Å². The molecule has 0 heterocycles. The smallest absolute Gasteiger partial charge is 0.160 e. The molecule has 0 fully saturated rings. The third kappa shape index (κ3) is 3.54. The standard InChI is InChI=1S/C10H12N2O.C2H6/c1-6-3-4-8(10(11)12)5-9(6)7(2)13;1-2/h3-5H,1-2H3,(H3,11,12);1-2H3. The van der Waals surface area contributed by atoms with Crippen molar-refractivity contribution in [1.29, 1.82) is 5.41 Å². The van der Waals surface area contributed by atoms with Gasteiger partial charge in [-0.25, -0.2) is 0 Å². The van der Waals surface area contributed by atoms with Crippen LogP contribution in [0, 0.1) is 12.3 Å². The number of carbonyl (C=O) groups is 1. The minimum Gasteiger partial charge on any atom is -0.384 e. The zero-order chi connectivity index (χ0) is 12.0. The number of hydrogen-bond donors (Lipinski definition) is 2. The van der Waals surface area contributed by atoms with Crippen molar-refractivity contribution in [2.24, 2.45) is 5.73 Å². The average molecular weight is 206 g/mol. The summed E-state index contributed by atoms with van der Waals surface area (Å²) in [6, 6.07) is 5.19. The van der Waals surface area contributed by atoms with Crippen LogP contribution in [-0.4, -0.2) is 11.6 Å². The van der Waals surface area contributed by atoms with Crippen LogP contribution in [-0.2, 0) is 0 Å². The van der Waals surface area contributed by atoms with E-state index in [0.717, 1.165) is 5.56 Å². The maximum atomic E-state index is 11.1. The van der Waals surface area contributed by atoms with Gasteiger partial charge in [-0.3, -0.25) is 10.2 Å². The second-order valence-corrected chi connectivity index (χ2v) is 3.00. The van der Waals surface area contributed by atoms with Gasteiger partial charge in [-0.05, 0) is 25.5 Å². The number of amidine groups is 1. The Morgan fingerprint density at radius 3 is 2.27 bits per heavy atom. The average Bonchev–Trinajstić information content (AvgIpc) is 2.20. The van der Waals surface area contributed by atoms with Crippen molar-refractivity contribution < 1.29 is 4.79 Å². The minimum atomic E-state index is -0.0116. The Morgan fingerprint density at radius 2 is 1.87 bits per heavy atom. The summed E-state index contributed by atoms with van der Waals surface area (Å²) in [5.41, 5.74) is 7.44. The number of rotatable bonds is 2. The van der Waals surface area contributed by atoms with E-state index in [2.05, 4.69) is 0 Å². The molecule has 0 saturated heterocycles. The second kappa shape index (κ2) is 5.96. The van der Waals surface area contributed by atoms with Gasteiger partial charge in [0.15, 0.2) is 5.78 Å². The van der Waals surface area contributed by atoms with E-state index in [9.17, 15) is 4.79 Å². The molecule has 0 amide bonds. The molecule has 82 valence electrons. The Kier molecular flexibility index (Phi) is 5.31. The number of nitrogens with one attached hydrogen (secondary N) is 1. The molecule has 3 nitrogen and oxygen atoms in total. The fourth-order valence-corrected chi connectivity index (χ4v) is 1.17. The van der Waals surface area contributed by atoms with Crippen LogP contribution in [0.3, 0.4) is 0 Å². The van der Waals surface area contributed by atoms with Gasteiger partial charge in [-0.1, -0.05) is 26.0 Å². The largest absolute Gasteiger partial charge is 0.384 e. The Morgan fingerprint density at radius 1 is 1.33 bits per heavy atom. The van der Waals surface area contributed by atoms with Gasteiger partial charge in [0.1, 0.15) is 5.84 Å². The summed E-state index contributed by atoms with van der Waals surface area (Å²) >= 11 is 0. The summed E-state index contributed by atoms with van der Waals surface area (Å²) < 4.78 is 0. The van der Waals surface area contributed by atoms with Crippen molar-refractivity contribution in [2.75, 3.05) is 0 Å². The van der Waals surface area contributed by atoms with Crippen molar-refractivity contribution in [1.82, 2.24) is 0 Å². The number of aryl methyl sites for hydroxylation is 1. The van der Waals surface area contributed by atoms with Crippen LogP contribution < -0.4 is 5.73 Å². The molecule has 0 aliphatic carbocycles. The summed E-state index contributed by atoms with van der Waals surface area (Å²) in [7, 11) is 0. The summed E-state index contributed by atoms with van der Waals surface area (Å²) in [6.07, 6.45) is 0. The fourth-order valence-electron chi connectivity index (χ4n) is 1.17. The van der Waals surface area contributed by atoms with E-state index in [1.165, 1.54) is 6.92 Å². The monoisotopic (exact) mass is 206 g/mol. The van der Waals surface area contributed by atoms with Gasteiger partial charge in [0.25, 0.3) is 0 Å². The van der Waals surface area contributed by atoms with Crippen molar-refractivity contribution in [3.8, 4) is 0 Å². The van der Waals surface area contributed by atoms with Crippen molar-refractivity contribution in [3.63, 3.8) is 0 Å². The summed E-state index contributed by atoms with van der Waals surface area (Å²) in [5.74, 6) is -0.0110. The van der Waals surface area contributed by atoms with Gasteiger partial charge in [0.05, 0.1) is 0 Å². The zero-order valence-corrected chi connectivity index (χ0v) is 9.72. The molecule has 0 aromatic heterocycles. The number of hydrogen-bond acceptors (Lipinski definition) is 2. The minimum absolute atomic E-state index is 0.000556. The van der Waals surface area contributed by atoms with E-state index in [1.54, 1.807) is 18.2 Å².